The Balaban J connectivity index is 1.80. The third-order valence-electron chi connectivity index (χ3n) is 4.08. The van der Waals surface area contributed by atoms with Crippen molar-refractivity contribution in [1.82, 2.24) is 19.5 Å². The van der Waals surface area contributed by atoms with Crippen LogP contribution >= 0.6 is 15.9 Å². The third kappa shape index (κ3) is 2.27. The Labute approximate surface area is 136 Å². The lowest BCUT2D eigenvalue weighted by molar-refractivity contribution is 0.530. The monoisotopic (exact) mass is 357 g/mol. The Kier molecular flexibility index (Phi) is 3.33. The van der Waals surface area contributed by atoms with Gasteiger partial charge in [0.15, 0.2) is 17.0 Å². The molecule has 0 fully saturated rings. The van der Waals surface area contributed by atoms with Crippen LogP contribution in [0.5, 0.6) is 0 Å². The second-order valence-electron chi connectivity index (χ2n) is 5.62. The number of benzene rings is 1. The van der Waals surface area contributed by atoms with Crippen LogP contribution in [0.25, 0.3) is 11.2 Å². The molecule has 0 radical (unpaired) electrons. The number of imidazole rings is 1. The van der Waals surface area contributed by atoms with Crippen molar-refractivity contribution in [3.63, 3.8) is 0 Å². The summed E-state index contributed by atoms with van der Waals surface area (Å²) in [5.74, 6) is 1.90. The minimum Gasteiger partial charge on any atom is -0.338 e. The molecular formula is C16H16BrN5. The van der Waals surface area contributed by atoms with E-state index in [4.69, 9.17) is 4.98 Å². The minimum atomic E-state index is 0.775. The summed E-state index contributed by atoms with van der Waals surface area (Å²) >= 11 is 3.49. The zero-order chi connectivity index (χ0) is 15.1. The first-order chi connectivity index (χ1) is 10.7. The maximum atomic E-state index is 4.76. The number of hydrogen-bond donors (Lipinski definition) is 1. The number of aromatic nitrogens is 4. The van der Waals surface area contributed by atoms with Gasteiger partial charge in [0.2, 0.25) is 0 Å². The fraction of sp³-hybridized carbons (Fsp3) is 0.312. The molecule has 22 heavy (non-hydrogen) atoms. The van der Waals surface area contributed by atoms with Gasteiger partial charge in [0.05, 0.1) is 0 Å². The molecule has 4 rings (SSSR count). The second kappa shape index (κ2) is 5.35. The van der Waals surface area contributed by atoms with Crippen molar-refractivity contribution >= 4 is 38.6 Å². The number of nitrogens with one attached hydrogen (secondary N) is 1. The van der Waals surface area contributed by atoms with Gasteiger partial charge in [-0.1, -0.05) is 15.9 Å². The summed E-state index contributed by atoms with van der Waals surface area (Å²) in [4.78, 5) is 13.6. The van der Waals surface area contributed by atoms with Crippen LogP contribution in [-0.2, 0) is 13.0 Å². The lowest BCUT2D eigenvalue weighted by atomic mass is 10.2. The highest BCUT2D eigenvalue weighted by Gasteiger charge is 2.18. The summed E-state index contributed by atoms with van der Waals surface area (Å²) in [5, 5.41) is 3.40. The standard InChI is InChI=1S/C16H16BrN5/c1-10-8-11(17)5-6-12(10)20-15-14-16(19-9-18-15)22-7-3-2-4-13(22)21-14/h5-6,8-9H,2-4,7H2,1H3,(H,18,19,20). The minimum absolute atomic E-state index is 0.775. The molecule has 1 aliphatic heterocycles. The maximum absolute atomic E-state index is 4.76. The topological polar surface area (TPSA) is 55.6 Å². The van der Waals surface area contributed by atoms with E-state index in [-0.39, 0.29) is 0 Å². The third-order valence-corrected chi connectivity index (χ3v) is 4.58. The summed E-state index contributed by atoms with van der Waals surface area (Å²) < 4.78 is 3.29. The molecule has 3 heterocycles. The van der Waals surface area contributed by atoms with Crippen molar-refractivity contribution in [3.8, 4) is 0 Å². The molecular weight excluding hydrogens is 342 g/mol. The average molecular weight is 358 g/mol. The van der Waals surface area contributed by atoms with E-state index < -0.39 is 0 Å². The van der Waals surface area contributed by atoms with Crippen molar-refractivity contribution in [1.29, 1.82) is 0 Å². The van der Waals surface area contributed by atoms with E-state index >= 15 is 0 Å². The van der Waals surface area contributed by atoms with Crippen LogP contribution in [0.1, 0.15) is 24.2 Å². The van der Waals surface area contributed by atoms with Crippen LogP contribution in [0.4, 0.5) is 11.5 Å². The smallest absolute Gasteiger partial charge is 0.165 e. The number of hydrogen-bond acceptors (Lipinski definition) is 4. The number of fused-ring (bicyclic) bond motifs is 3. The van der Waals surface area contributed by atoms with E-state index in [1.54, 1.807) is 6.33 Å². The number of nitrogens with zero attached hydrogens (tertiary/aromatic N) is 4. The molecule has 0 amide bonds. The highest BCUT2D eigenvalue weighted by Crippen LogP contribution is 2.28. The molecule has 0 aliphatic carbocycles. The summed E-state index contributed by atoms with van der Waals surface area (Å²) in [6, 6.07) is 6.15. The molecule has 0 saturated heterocycles. The lowest BCUT2D eigenvalue weighted by Gasteiger charge is -2.13. The fourth-order valence-electron chi connectivity index (χ4n) is 2.95. The van der Waals surface area contributed by atoms with Gasteiger partial charge in [-0.05, 0) is 43.5 Å². The Morgan fingerprint density at radius 3 is 3.00 bits per heavy atom. The molecule has 1 N–H and O–H groups in total. The first kappa shape index (κ1) is 13.7. The molecule has 1 aromatic carbocycles. The molecule has 2 aromatic heterocycles. The first-order valence-corrected chi connectivity index (χ1v) is 8.25. The number of aryl methyl sites for hydroxylation is 3. The Morgan fingerprint density at radius 1 is 1.23 bits per heavy atom. The van der Waals surface area contributed by atoms with Crippen molar-refractivity contribution in [2.45, 2.75) is 32.7 Å². The normalized spacial score (nSPS) is 14.1. The Morgan fingerprint density at radius 2 is 2.14 bits per heavy atom. The fourth-order valence-corrected chi connectivity index (χ4v) is 3.42. The van der Waals surface area contributed by atoms with Crippen molar-refractivity contribution < 1.29 is 0 Å². The van der Waals surface area contributed by atoms with Crippen LogP contribution in [0, 0.1) is 6.92 Å². The van der Waals surface area contributed by atoms with E-state index in [2.05, 4.69) is 48.8 Å². The van der Waals surface area contributed by atoms with Crippen molar-refractivity contribution in [2.24, 2.45) is 0 Å². The van der Waals surface area contributed by atoms with E-state index in [1.807, 2.05) is 12.1 Å². The van der Waals surface area contributed by atoms with Gasteiger partial charge < -0.3 is 9.88 Å². The van der Waals surface area contributed by atoms with Gasteiger partial charge in [-0.3, -0.25) is 0 Å². The molecule has 0 bridgehead atoms. The number of rotatable bonds is 2. The summed E-state index contributed by atoms with van der Waals surface area (Å²) in [6.07, 6.45) is 5.03. The molecule has 0 atom stereocenters. The molecule has 0 saturated carbocycles. The highest BCUT2D eigenvalue weighted by molar-refractivity contribution is 9.10. The van der Waals surface area contributed by atoms with Crippen LogP contribution in [0.2, 0.25) is 0 Å². The van der Waals surface area contributed by atoms with Gasteiger partial charge in [-0.25, -0.2) is 15.0 Å². The van der Waals surface area contributed by atoms with E-state index in [1.165, 1.54) is 12.8 Å². The second-order valence-corrected chi connectivity index (χ2v) is 6.53. The highest BCUT2D eigenvalue weighted by atomic mass is 79.9. The quantitative estimate of drug-likeness (QED) is 0.753. The first-order valence-electron chi connectivity index (χ1n) is 7.45. The largest absolute Gasteiger partial charge is 0.338 e. The maximum Gasteiger partial charge on any atom is 0.165 e. The van der Waals surface area contributed by atoms with Gasteiger partial charge in [0, 0.05) is 23.1 Å². The van der Waals surface area contributed by atoms with Gasteiger partial charge in [-0.2, -0.15) is 0 Å². The average Bonchev–Trinajstić information content (AvgIpc) is 2.90. The zero-order valence-electron chi connectivity index (χ0n) is 12.3. The van der Waals surface area contributed by atoms with E-state index in [0.29, 0.717) is 0 Å². The van der Waals surface area contributed by atoms with Gasteiger partial charge in [0.25, 0.3) is 0 Å². The van der Waals surface area contributed by atoms with E-state index in [9.17, 15) is 0 Å². The molecule has 5 nitrogen and oxygen atoms in total. The summed E-state index contributed by atoms with van der Waals surface area (Å²) in [6.45, 7) is 3.07. The molecule has 3 aromatic rings. The van der Waals surface area contributed by atoms with Crippen LogP contribution in [0.3, 0.4) is 0 Å². The predicted octanol–water partition coefficient (Wildman–Crippen LogP) is 3.98. The van der Waals surface area contributed by atoms with Crippen molar-refractivity contribution in [2.75, 3.05) is 5.32 Å². The molecule has 6 heteroatoms. The van der Waals surface area contributed by atoms with Crippen LogP contribution < -0.4 is 5.32 Å². The molecule has 0 unspecified atom stereocenters. The number of anilines is 2. The van der Waals surface area contributed by atoms with Gasteiger partial charge in [0.1, 0.15) is 12.2 Å². The lowest BCUT2D eigenvalue weighted by Crippen LogP contribution is -2.10. The van der Waals surface area contributed by atoms with E-state index in [0.717, 1.165) is 51.5 Å². The van der Waals surface area contributed by atoms with Gasteiger partial charge in [-0.15, -0.1) is 0 Å². The number of halogens is 1. The zero-order valence-corrected chi connectivity index (χ0v) is 13.9. The molecule has 0 spiro atoms. The van der Waals surface area contributed by atoms with Crippen molar-refractivity contribution in [3.05, 3.63) is 40.4 Å². The SMILES string of the molecule is Cc1cc(Br)ccc1Nc1ncnc2c1nc1n2CCCC1. The summed E-state index contributed by atoms with van der Waals surface area (Å²) in [7, 11) is 0. The molecule has 112 valence electrons. The predicted molar refractivity (Wildman–Crippen MR) is 90.4 cm³/mol. The van der Waals surface area contributed by atoms with Gasteiger partial charge >= 0.3 is 0 Å². The Bertz CT molecular complexity index is 855. The van der Waals surface area contributed by atoms with Crippen LogP contribution in [0.15, 0.2) is 29.0 Å². The summed E-state index contributed by atoms with van der Waals surface area (Å²) in [5.41, 5.74) is 3.99. The Hall–Kier alpha value is -1.95. The van der Waals surface area contributed by atoms with Crippen LogP contribution in [-0.4, -0.2) is 19.5 Å². The molecule has 1 aliphatic rings.